The number of rotatable bonds is 2. The maximum atomic E-state index is 4.73. The van der Waals surface area contributed by atoms with Crippen LogP contribution in [0.2, 0.25) is 0 Å². The van der Waals surface area contributed by atoms with E-state index in [0.29, 0.717) is 0 Å². The quantitative estimate of drug-likeness (QED) is 0.141. The molecule has 4 heteroatoms. The van der Waals surface area contributed by atoms with Gasteiger partial charge in [0, 0.05) is 43.3 Å². The van der Waals surface area contributed by atoms with Gasteiger partial charge < -0.3 is 4.98 Å². The first kappa shape index (κ1) is 24.5. The third-order valence-electron chi connectivity index (χ3n) is 6.05. The van der Waals surface area contributed by atoms with Crippen molar-refractivity contribution in [3.05, 3.63) is 140 Å². The van der Waals surface area contributed by atoms with E-state index in [1.54, 1.807) is 6.20 Å². The summed E-state index contributed by atoms with van der Waals surface area (Å²) in [6.45, 7) is 0. The fourth-order valence-electron chi connectivity index (χ4n) is 4.23. The smallest absolute Gasteiger partial charge is 0.0756 e. The van der Waals surface area contributed by atoms with Crippen LogP contribution in [-0.2, 0) is 20.1 Å². The summed E-state index contributed by atoms with van der Waals surface area (Å²) in [7, 11) is 0. The second kappa shape index (κ2) is 11.2. The standard InChI is InChI=1S/C18H11N2.C15H10N.Ir/c1-2-7-14(8-3-1)18-19-12-15-11-10-13-6-4-5-9-16(13)17(15)20-18;1-2-6-13-11-14(9-8-12(13)5-1)15-7-3-4-10-16-15;/h1-7,9-12H;1-8,10-11H;/q2*-1;. The number of hydrogen-bond acceptors (Lipinski definition) is 3. The summed E-state index contributed by atoms with van der Waals surface area (Å²) in [5.41, 5.74) is 3.92. The van der Waals surface area contributed by atoms with Crippen LogP contribution in [0, 0.1) is 12.1 Å². The molecular formula is C33H21IrN3-2. The van der Waals surface area contributed by atoms with E-state index in [1.165, 1.54) is 16.2 Å². The molecule has 2 heterocycles. The van der Waals surface area contributed by atoms with E-state index in [4.69, 9.17) is 4.98 Å². The van der Waals surface area contributed by atoms with Crippen LogP contribution in [0.1, 0.15) is 0 Å². The monoisotopic (exact) mass is 652 g/mol. The minimum Gasteiger partial charge on any atom is -0.305 e. The Morgan fingerprint density at radius 2 is 1.32 bits per heavy atom. The molecule has 0 bridgehead atoms. The van der Waals surface area contributed by atoms with Crippen LogP contribution < -0.4 is 0 Å². The molecule has 2 aromatic heterocycles. The van der Waals surface area contributed by atoms with Crippen LogP contribution in [0.5, 0.6) is 0 Å². The van der Waals surface area contributed by atoms with Crippen LogP contribution in [0.25, 0.3) is 55.1 Å². The van der Waals surface area contributed by atoms with Gasteiger partial charge in [0.15, 0.2) is 0 Å². The average molecular weight is 652 g/mol. The van der Waals surface area contributed by atoms with Crippen molar-refractivity contribution in [2.45, 2.75) is 0 Å². The Morgan fingerprint density at radius 1 is 0.568 bits per heavy atom. The van der Waals surface area contributed by atoms with Crippen molar-refractivity contribution in [3.8, 4) is 22.6 Å². The van der Waals surface area contributed by atoms with Gasteiger partial charge in [0.1, 0.15) is 0 Å². The van der Waals surface area contributed by atoms with E-state index in [1.807, 2.05) is 79.0 Å². The van der Waals surface area contributed by atoms with Gasteiger partial charge in [-0.2, -0.15) is 0 Å². The van der Waals surface area contributed by atoms with Gasteiger partial charge in [-0.05, 0) is 17.1 Å². The van der Waals surface area contributed by atoms with E-state index in [2.05, 4.69) is 64.6 Å². The van der Waals surface area contributed by atoms with E-state index < -0.39 is 0 Å². The van der Waals surface area contributed by atoms with Crippen molar-refractivity contribution in [1.29, 1.82) is 0 Å². The normalized spacial score (nSPS) is 10.5. The van der Waals surface area contributed by atoms with Crippen molar-refractivity contribution in [3.63, 3.8) is 0 Å². The molecule has 5 aromatic carbocycles. The maximum absolute atomic E-state index is 4.73. The minimum absolute atomic E-state index is 0. The second-order valence-electron chi connectivity index (χ2n) is 8.38. The maximum Gasteiger partial charge on any atom is 0.0756 e. The minimum atomic E-state index is 0. The Bertz CT molecular complexity index is 1780. The van der Waals surface area contributed by atoms with Gasteiger partial charge in [-0.15, -0.1) is 65.0 Å². The van der Waals surface area contributed by atoms with Crippen LogP contribution in [0.3, 0.4) is 0 Å². The van der Waals surface area contributed by atoms with Gasteiger partial charge in [0.25, 0.3) is 0 Å². The molecule has 3 nitrogen and oxygen atoms in total. The molecule has 7 rings (SSSR count). The van der Waals surface area contributed by atoms with Crippen molar-refractivity contribution in [2.24, 2.45) is 0 Å². The van der Waals surface area contributed by atoms with Gasteiger partial charge in [0.2, 0.25) is 0 Å². The molecule has 37 heavy (non-hydrogen) atoms. The van der Waals surface area contributed by atoms with Crippen molar-refractivity contribution in [1.82, 2.24) is 15.0 Å². The van der Waals surface area contributed by atoms with Crippen LogP contribution in [0.15, 0.2) is 128 Å². The van der Waals surface area contributed by atoms with E-state index >= 15 is 0 Å². The molecule has 0 aliphatic rings. The first-order chi connectivity index (χ1) is 17.8. The second-order valence-corrected chi connectivity index (χ2v) is 8.38. The molecule has 0 aliphatic heterocycles. The van der Waals surface area contributed by atoms with Crippen molar-refractivity contribution >= 4 is 32.4 Å². The summed E-state index contributed by atoms with van der Waals surface area (Å²) in [6, 6.07) is 45.0. The van der Waals surface area contributed by atoms with Gasteiger partial charge in [-0.3, -0.25) is 9.97 Å². The number of hydrogen-bond donors (Lipinski definition) is 0. The topological polar surface area (TPSA) is 38.7 Å². The molecule has 0 N–H and O–H groups in total. The number of aromatic nitrogens is 3. The fourth-order valence-corrected chi connectivity index (χ4v) is 4.23. The molecule has 0 aliphatic carbocycles. The summed E-state index contributed by atoms with van der Waals surface area (Å²) in [6.07, 6.45) is 3.68. The number of pyridine rings is 1. The first-order valence-corrected chi connectivity index (χ1v) is 11.8. The van der Waals surface area contributed by atoms with E-state index in [9.17, 15) is 0 Å². The molecule has 0 amide bonds. The largest absolute Gasteiger partial charge is 0.305 e. The van der Waals surface area contributed by atoms with Crippen molar-refractivity contribution in [2.75, 3.05) is 0 Å². The molecule has 179 valence electrons. The fraction of sp³-hybridized carbons (Fsp3) is 0. The number of fused-ring (bicyclic) bond motifs is 4. The third kappa shape index (κ3) is 5.31. The molecule has 0 unspecified atom stereocenters. The Balaban J connectivity index is 0.000000151. The Kier molecular flexibility index (Phi) is 7.41. The Labute approximate surface area is 229 Å². The average Bonchev–Trinajstić information content (AvgIpc) is 2.98. The van der Waals surface area contributed by atoms with Gasteiger partial charge in [0.05, 0.1) is 11.3 Å². The van der Waals surface area contributed by atoms with Gasteiger partial charge in [-0.1, -0.05) is 78.2 Å². The molecule has 0 fully saturated rings. The summed E-state index contributed by atoms with van der Waals surface area (Å²) in [5, 5.41) is 5.85. The number of nitrogens with zero attached hydrogens (tertiary/aromatic N) is 3. The molecule has 0 spiro atoms. The van der Waals surface area contributed by atoms with Gasteiger partial charge in [-0.25, -0.2) is 0 Å². The SMILES string of the molecule is [Ir].[c-]1cc2ccccc2cc1-c1ccccn1.[c-]1ccccc1-c1ncc2ccc3ccccc3c2n1. The molecule has 7 aromatic rings. The molecular weight excluding hydrogens is 631 g/mol. The van der Waals surface area contributed by atoms with Crippen LogP contribution in [0.4, 0.5) is 0 Å². The molecule has 1 radical (unpaired) electrons. The number of benzene rings is 5. The zero-order chi connectivity index (χ0) is 24.2. The predicted octanol–water partition coefficient (Wildman–Crippen LogP) is 7.95. The Hall–Kier alpha value is -4.24. The first-order valence-electron chi connectivity index (χ1n) is 11.8. The Morgan fingerprint density at radius 3 is 2.14 bits per heavy atom. The van der Waals surface area contributed by atoms with Crippen molar-refractivity contribution < 1.29 is 20.1 Å². The van der Waals surface area contributed by atoms with E-state index in [-0.39, 0.29) is 20.1 Å². The van der Waals surface area contributed by atoms with E-state index in [0.717, 1.165) is 38.9 Å². The molecule has 0 saturated heterocycles. The zero-order valence-corrected chi connectivity index (χ0v) is 22.2. The molecule has 0 atom stereocenters. The summed E-state index contributed by atoms with van der Waals surface area (Å²) in [5.74, 6) is 0.717. The molecule has 0 saturated carbocycles. The van der Waals surface area contributed by atoms with Crippen LogP contribution in [-0.4, -0.2) is 15.0 Å². The zero-order valence-electron chi connectivity index (χ0n) is 19.8. The summed E-state index contributed by atoms with van der Waals surface area (Å²) < 4.78 is 0. The summed E-state index contributed by atoms with van der Waals surface area (Å²) >= 11 is 0. The van der Waals surface area contributed by atoms with Gasteiger partial charge >= 0.3 is 0 Å². The van der Waals surface area contributed by atoms with Crippen LogP contribution >= 0.6 is 0 Å². The predicted molar refractivity (Wildman–Crippen MR) is 147 cm³/mol. The third-order valence-corrected chi connectivity index (χ3v) is 6.05. The summed E-state index contributed by atoms with van der Waals surface area (Å²) in [4.78, 5) is 13.5.